The van der Waals surface area contributed by atoms with Gasteiger partial charge in [-0.3, -0.25) is 4.79 Å². The Morgan fingerprint density at radius 2 is 2.11 bits per heavy atom. The van der Waals surface area contributed by atoms with Crippen LogP contribution in [0.4, 0.5) is 13.2 Å². The van der Waals surface area contributed by atoms with E-state index in [1.54, 1.807) is 0 Å². The minimum absolute atomic E-state index is 0.129. The smallest absolute Gasteiger partial charge is 0.383 e. The molecule has 9 heteroatoms. The van der Waals surface area contributed by atoms with Gasteiger partial charge in [-0.05, 0) is 18.8 Å². The van der Waals surface area contributed by atoms with Crippen molar-refractivity contribution in [2.75, 3.05) is 13.1 Å². The van der Waals surface area contributed by atoms with Gasteiger partial charge in [0.2, 0.25) is 0 Å². The van der Waals surface area contributed by atoms with Crippen LogP contribution in [-0.2, 0) is 0 Å². The normalized spacial score (nSPS) is 19.5. The predicted molar refractivity (Wildman–Crippen MR) is 60.6 cm³/mol. The molecule has 106 valence electrons. The number of aromatic nitrogens is 2. The highest BCUT2D eigenvalue weighted by Crippen LogP contribution is 2.31. The van der Waals surface area contributed by atoms with Crippen molar-refractivity contribution < 1.29 is 23.1 Å². The Bertz CT molecular complexity index is 430. The second-order valence-corrected chi connectivity index (χ2v) is 4.97. The lowest BCUT2D eigenvalue weighted by atomic mass is 9.91. The molecule has 2 heterocycles. The second kappa shape index (κ2) is 5.41. The van der Waals surface area contributed by atoms with Gasteiger partial charge >= 0.3 is 6.18 Å². The van der Waals surface area contributed by atoms with Crippen LogP contribution in [0.2, 0.25) is 0 Å². The van der Waals surface area contributed by atoms with Crippen molar-refractivity contribution in [3.05, 3.63) is 11.9 Å². The lowest BCUT2D eigenvalue weighted by Crippen LogP contribution is -2.45. The molecule has 1 saturated heterocycles. The molecule has 5 nitrogen and oxygen atoms in total. The van der Waals surface area contributed by atoms with E-state index in [-0.39, 0.29) is 37.5 Å². The van der Waals surface area contributed by atoms with Gasteiger partial charge in [0, 0.05) is 13.1 Å². The van der Waals surface area contributed by atoms with E-state index in [1.165, 1.54) is 11.1 Å². The summed E-state index contributed by atoms with van der Waals surface area (Å²) in [4.78, 5) is 13.3. The molecule has 0 spiro atoms. The molecule has 2 rings (SSSR count). The monoisotopic (exact) mass is 295 g/mol. The Labute approximate surface area is 111 Å². The summed E-state index contributed by atoms with van der Waals surface area (Å²) in [6.45, 7) is 0.377. The molecule has 1 aliphatic heterocycles. The molecular formula is C10H12F3N3O2S. The van der Waals surface area contributed by atoms with E-state index in [9.17, 15) is 23.1 Å². The first kappa shape index (κ1) is 14.2. The predicted octanol–water partition coefficient (Wildman–Crippen LogP) is 1.31. The third-order valence-electron chi connectivity index (χ3n) is 3.19. The SMILES string of the molecule is O=C(c1cnsn1)N1CCC(C(O)C(F)(F)F)CC1. The molecule has 0 radical (unpaired) electrons. The summed E-state index contributed by atoms with van der Waals surface area (Å²) in [7, 11) is 0. The number of nitrogens with zero attached hydrogens (tertiary/aromatic N) is 3. The number of carbonyl (C=O) groups is 1. The van der Waals surface area contributed by atoms with E-state index in [4.69, 9.17) is 0 Å². The lowest BCUT2D eigenvalue weighted by Gasteiger charge is -2.34. The molecule has 1 aliphatic rings. The summed E-state index contributed by atoms with van der Waals surface area (Å²) in [6.07, 6.45) is -5.32. The van der Waals surface area contributed by atoms with Gasteiger partial charge in [-0.2, -0.15) is 21.9 Å². The van der Waals surface area contributed by atoms with Crippen molar-refractivity contribution in [3.8, 4) is 0 Å². The van der Waals surface area contributed by atoms with E-state index in [1.807, 2.05) is 0 Å². The highest BCUT2D eigenvalue weighted by Gasteiger charge is 2.44. The van der Waals surface area contributed by atoms with Crippen LogP contribution < -0.4 is 0 Å². The molecule has 19 heavy (non-hydrogen) atoms. The van der Waals surface area contributed by atoms with Crippen LogP contribution >= 0.6 is 11.7 Å². The first-order chi connectivity index (χ1) is 8.89. The average Bonchev–Trinajstić information content (AvgIpc) is 2.90. The molecule has 1 aromatic heterocycles. The molecule has 0 aliphatic carbocycles. The highest BCUT2D eigenvalue weighted by atomic mass is 32.1. The maximum absolute atomic E-state index is 12.4. The van der Waals surface area contributed by atoms with Crippen molar-refractivity contribution in [1.29, 1.82) is 0 Å². The fraction of sp³-hybridized carbons (Fsp3) is 0.700. The van der Waals surface area contributed by atoms with Gasteiger partial charge in [-0.25, -0.2) is 0 Å². The Kier molecular flexibility index (Phi) is 4.04. The van der Waals surface area contributed by atoms with Crippen molar-refractivity contribution in [3.63, 3.8) is 0 Å². The Morgan fingerprint density at radius 1 is 1.47 bits per heavy atom. The van der Waals surface area contributed by atoms with E-state index in [0.717, 1.165) is 11.7 Å². The minimum Gasteiger partial charge on any atom is -0.383 e. The molecule has 1 atom stereocenters. The molecule has 0 aromatic carbocycles. The van der Waals surface area contributed by atoms with Crippen LogP contribution in [0.5, 0.6) is 0 Å². The standard InChI is InChI=1S/C10H12F3N3O2S/c11-10(12,13)8(17)6-1-3-16(4-2-6)9(18)7-5-14-19-15-7/h5-6,8,17H,1-4H2. The minimum atomic E-state index is -4.60. The zero-order valence-electron chi connectivity index (χ0n) is 9.80. The fourth-order valence-electron chi connectivity index (χ4n) is 2.11. The van der Waals surface area contributed by atoms with Gasteiger partial charge in [0.1, 0.15) is 0 Å². The number of likely N-dealkylation sites (tertiary alicyclic amines) is 1. The highest BCUT2D eigenvalue weighted by molar-refractivity contribution is 6.99. The Morgan fingerprint density at radius 3 is 2.58 bits per heavy atom. The van der Waals surface area contributed by atoms with Gasteiger partial charge in [-0.15, -0.1) is 0 Å². The van der Waals surface area contributed by atoms with Gasteiger partial charge in [0.25, 0.3) is 5.91 Å². The zero-order chi connectivity index (χ0) is 14.0. The van der Waals surface area contributed by atoms with Crippen molar-refractivity contribution in [1.82, 2.24) is 13.6 Å². The first-order valence-corrected chi connectivity index (χ1v) is 6.44. The first-order valence-electron chi connectivity index (χ1n) is 5.71. The number of halogens is 3. The molecule has 1 aromatic rings. The van der Waals surface area contributed by atoms with Crippen LogP contribution in [0, 0.1) is 5.92 Å². The molecule has 1 amide bonds. The number of hydrogen-bond donors (Lipinski definition) is 1. The molecule has 0 saturated carbocycles. The topological polar surface area (TPSA) is 66.3 Å². The molecule has 0 bridgehead atoms. The number of aliphatic hydroxyl groups is 1. The number of carbonyl (C=O) groups excluding carboxylic acids is 1. The van der Waals surface area contributed by atoms with Gasteiger partial charge < -0.3 is 10.0 Å². The number of piperidine rings is 1. The number of aliphatic hydroxyl groups excluding tert-OH is 1. The third-order valence-corrected chi connectivity index (χ3v) is 3.67. The van der Waals surface area contributed by atoms with Crippen molar-refractivity contribution >= 4 is 17.6 Å². The van der Waals surface area contributed by atoms with Gasteiger partial charge in [0.05, 0.1) is 17.9 Å². The Balaban J connectivity index is 1.91. The quantitative estimate of drug-likeness (QED) is 0.893. The maximum atomic E-state index is 12.4. The maximum Gasteiger partial charge on any atom is 0.414 e. The number of alkyl halides is 3. The summed E-state index contributed by atoms with van der Waals surface area (Å²) >= 11 is 0.904. The van der Waals surface area contributed by atoms with Crippen LogP contribution in [0.15, 0.2) is 6.20 Å². The molecule has 1 N–H and O–H groups in total. The zero-order valence-corrected chi connectivity index (χ0v) is 10.6. The Hall–Kier alpha value is -1.22. The summed E-state index contributed by atoms with van der Waals surface area (Å²) in [5.41, 5.74) is 0.208. The molecule has 1 unspecified atom stereocenters. The lowest BCUT2D eigenvalue weighted by molar-refractivity contribution is -0.222. The molecular weight excluding hydrogens is 283 g/mol. The van der Waals surface area contributed by atoms with E-state index in [2.05, 4.69) is 8.75 Å². The summed E-state index contributed by atoms with van der Waals surface area (Å²) in [5.74, 6) is -1.17. The second-order valence-electron chi connectivity index (χ2n) is 4.41. The van der Waals surface area contributed by atoms with Gasteiger partial charge in [0.15, 0.2) is 11.8 Å². The summed E-state index contributed by atoms with van der Waals surface area (Å²) < 4.78 is 44.6. The fourth-order valence-corrected chi connectivity index (χ4v) is 2.51. The summed E-state index contributed by atoms with van der Waals surface area (Å²) in [5, 5.41) is 9.17. The van der Waals surface area contributed by atoms with Crippen molar-refractivity contribution in [2.45, 2.75) is 25.1 Å². The largest absolute Gasteiger partial charge is 0.414 e. The van der Waals surface area contributed by atoms with E-state index < -0.39 is 18.2 Å². The van der Waals surface area contributed by atoms with Crippen molar-refractivity contribution in [2.24, 2.45) is 5.92 Å². The molecule has 1 fully saturated rings. The van der Waals surface area contributed by atoms with Crippen LogP contribution in [0.1, 0.15) is 23.3 Å². The number of rotatable bonds is 2. The number of hydrogen-bond acceptors (Lipinski definition) is 5. The number of amides is 1. The van der Waals surface area contributed by atoms with Crippen LogP contribution in [0.3, 0.4) is 0 Å². The average molecular weight is 295 g/mol. The van der Waals surface area contributed by atoms with E-state index >= 15 is 0 Å². The van der Waals surface area contributed by atoms with Crippen LogP contribution in [-0.4, -0.2) is 50.0 Å². The van der Waals surface area contributed by atoms with E-state index in [0.29, 0.717) is 0 Å². The van der Waals surface area contributed by atoms with Crippen LogP contribution in [0.25, 0.3) is 0 Å². The third kappa shape index (κ3) is 3.21. The van der Waals surface area contributed by atoms with Gasteiger partial charge in [-0.1, -0.05) is 0 Å². The summed E-state index contributed by atoms with van der Waals surface area (Å²) in [6, 6.07) is 0.